The van der Waals surface area contributed by atoms with Crippen molar-refractivity contribution in [3.63, 3.8) is 0 Å². The van der Waals surface area contributed by atoms with E-state index in [-0.39, 0.29) is 0 Å². The summed E-state index contributed by atoms with van der Waals surface area (Å²) >= 11 is 0. The van der Waals surface area contributed by atoms with E-state index in [4.69, 9.17) is 0 Å². The smallest absolute Gasteiger partial charge is 0.0243 e. The molecule has 1 rings (SSSR count). The molecule has 1 aliphatic rings. The molecule has 2 unspecified atom stereocenters. The van der Waals surface area contributed by atoms with Crippen molar-refractivity contribution in [1.29, 1.82) is 0 Å². The molecule has 0 bridgehead atoms. The lowest BCUT2D eigenvalue weighted by atomic mass is 9.99. The van der Waals surface area contributed by atoms with E-state index in [1.54, 1.807) is 0 Å². The van der Waals surface area contributed by atoms with E-state index in [1.165, 1.54) is 19.6 Å². The minimum Gasteiger partial charge on any atom is -0.318 e. The summed E-state index contributed by atoms with van der Waals surface area (Å²) < 4.78 is 0. The number of piperazine rings is 1. The summed E-state index contributed by atoms with van der Waals surface area (Å²) in [5.41, 5.74) is 0. The third-order valence-corrected chi connectivity index (χ3v) is 3.62. The Kier molecular flexibility index (Phi) is 5.03. The minimum atomic E-state index is 0.657. The molecule has 0 aromatic carbocycles. The van der Waals surface area contributed by atoms with Gasteiger partial charge in [-0.25, -0.2) is 0 Å². The monoisotopic (exact) mass is 213 g/mol. The molecule has 0 radical (unpaired) electrons. The summed E-state index contributed by atoms with van der Waals surface area (Å²) in [6.45, 7) is 11.7. The van der Waals surface area contributed by atoms with E-state index in [0.717, 1.165) is 18.5 Å². The fourth-order valence-corrected chi connectivity index (χ4v) is 2.47. The Hall–Kier alpha value is -0.120. The highest BCUT2D eigenvalue weighted by Crippen LogP contribution is 2.16. The number of hydrogen-bond acceptors (Lipinski definition) is 3. The Labute approximate surface area is 94.8 Å². The molecule has 2 atom stereocenters. The number of likely N-dealkylation sites (N-methyl/N-ethyl adjacent to an activating group) is 2. The first-order valence-corrected chi connectivity index (χ1v) is 6.15. The van der Waals surface area contributed by atoms with Crippen LogP contribution in [0, 0.1) is 5.92 Å². The van der Waals surface area contributed by atoms with Crippen LogP contribution in [0.1, 0.15) is 20.8 Å². The lowest BCUT2D eigenvalue weighted by molar-refractivity contribution is 0.0485. The topological polar surface area (TPSA) is 18.5 Å². The lowest BCUT2D eigenvalue weighted by Crippen LogP contribution is -2.57. The van der Waals surface area contributed by atoms with Gasteiger partial charge in [0.05, 0.1) is 0 Å². The van der Waals surface area contributed by atoms with Gasteiger partial charge in [0.15, 0.2) is 0 Å². The van der Waals surface area contributed by atoms with E-state index in [0.29, 0.717) is 6.04 Å². The Balaban J connectivity index is 2.49. The van der Waals surface area contributed by atoms with Crippen LogP contribution < -0.4 is 5.32 Å². The van der Waals surface area contributed by atoms with Gasteiger partial charge in [0, 0.05) is 38.3 Å². The number of nitrogens with zero attached hydrogens (tertiary/aromatic N) is 2. The predicted molar refractivity (Wildman–Crippen MR) is 66.2 cm³/mol. The van der Waals surface area contributed by atoms with Crippen molar-refractivity contribution >= 4 is 0 Å². The zero-order valence-corrected chi connectivity index (χ0v) is 11.0. The molecule has 1 fully saturated rings. The van der Waals surface area contributed by atoms with Crippen molar-refractivity contribution in [1.82, 2.24) is 15.1 Å². The molecule has 0 aliphatic carbocycles. The number of rotatable bonds is 4. The maximum atomic E-state index is 3.26. The minimum absolute atomic E-state index is 0.657. The second-order valence-electron chi connectivity index (χ2n) is 5.19. The fraction of sp³-hybridized carbons (Fsp3) is 1.00. The molecule has 0 amide bonds. The van der Waals surface area contributed by atoms with Crippen LogP contribution in [-0.2, 0) is 0 Å². The van der Waals surface area contributed by atoms with Crippen LogP contribution in [0.15, 0.2) is 0 Å². The molecular formula is C12H27N3. The molecule has 1 aliphatic heterocycles. The Morgan fingerprint density at radius 2 is 1.93 bits per heavy atom. The van der Waals surface area contributed by atoms with Crippen LogP contribution >= 0.6 is 0 Å². The van der Waals surface area contributed by atoms with Gasteiger partial charge >= 0.3 is 0 Å². The standard InChI is InChI=1S/C12H27N3/c1-10(2)12-9-15(7-6-14(12)5)11(3)8-13-4/h10-13H,6-9H2,1-5H3. The second kappa shape index (κ2) is 5.83. The van der Waals surface area contributed by atoms with Crippen LogP contribution in [-0.4, -0.2) is 62.2 Å². The van der Waals surface area contributed by atoms with Crippen molar-refractivity contribution in [3.05, 3.63) is 0 Å². The summed E-state index contributed by atoms with van der Waals surface area (Å²) in [5.74, 6) is 0.750. The third-order valence-electron chi connectivity index (χ3n) is 3.62. The molecule has 3 heteroatoms. The van der Waals surface area contributed by atoms with Crippen molar-refractivity contribution in [2.24, 2.45) is 5.92 Å². The molecule has 0 aromatic rings. The fourth-order valence-electron chi connectivity index (χ4n) is 2.47. The first-order chi connectivity index (χ1) is 7.06. The van der Waals surface area contributed by atoms with Crippen molar-refractivity contribution in [2.75, 3.05) is 40.3 Å². The SMILES string of the molecule is CNCC(C)N1CCN(C)C(C(C)C)C1. The molecule has 1 saturated heterocycles. The highest BCUT2D eigenvalue weighted by Gasteiger charge is 2.28. The van der Waals surface area contributed by atoms with Crippen molar-refractivity contribution < 1.29 is 0 Å². The van der Waals surface area contributed by atoms with Gasteiger partial charge in [0.1, 0.15) is 0 Å². The van der Waals surface area contributed by atoms with Gasteiger partial charge < -0.3 is 10.2 Å². The van der Waals surface area contributed by atoms with Gasteiger partial charge in [0.25, 0.3) is 0 Å². The van der Waals surface area contributed by atoms with Gasteiger partial charge in [-0.3, -0.25) is 4.90 Å². The molecule has 1 heterocycles. The van der Waals surface area contributed by atoms with Gasteiger partial charge in [0.2, 0.25) is 0 Å². The van der Waals surface area contributed by atoms with Gasteiger partial charge in [-0.15, -0.1) is 0 Å². The average Bonchev–Trinajstić information content (AvgIpc) is 2.18. The molecule has 0 spiro atoms. The first kappa shape index (κ1) is 12.9. The number of hydrogen-bond donors (Lipinski definition) is 1. The van der Waals surface area contributed by atoms with E-state index >= 15 is 0 Å². The van der Waals surface area contributed by atoms with Crippen LogP contribution in [0.2, 0.25) is 0 Å². The molecular weight excluding hydrogens is 186 g/mol. The van der Waals surface area contributed by atoms with Gasteiger partial charge in [-0.2, -0.15) is 0 Å². The third kappa shape index (κ3) is 3.44. The second-order valence-corrected chi connectivity index (χ2v) is 5.19. The maximum absolute atomic E-state index is 3.26. The zero-order valence-electron chi connectivity index (χ0n) is 11.0. The van der Waals surface area contributed by atoms with E-state index in [1.807, 2.05) is 7.05 Å². The van der Waals surface area contributed by atoms with Gasteiger partial charge in [-0.05, 0) is 26.9 Å². The molecule has 3 nitrogen and oxygen atoms in total. The maximum Gasteiger partial charge on any atom is 0.0243 e. The van der Waals surface area contributed by atoms with E-state index < -0.39 is 0 Å². The summed E-state index contributed by atoms with van der Waals surface area (Å²) in [5, 5.41) is 3.26. The van der Waals surface area contributed by atoms with E-state index in [9.17, 15) is 0 Å². The van der Waals surface area contributed by atoms with Crippen LogP contribution in [0.25, 0.3) is 0 Å². The Bertz CT molecular complexity index is 182. The summed E-state index contributed by atoms with van der Waals surface area (Å²) in [6.07, 6.45) is 0. The number of nitrogens with one attached hydrogen (secondary N) is 1. The quantitative estimate of drug-likeness (QED) is 0.747. The van der Waals surface area contributed by atoms with Gasteiger partial charge in [-0.1, -0.05) is 13.8 Å². The summed E-state index contributed by atoms with van der Waals surface area (Å²) in [7, 11) is 4.29. The van der Waals surface area contributed by atoms with E-state index in [2.05, 4.69) is 42.9 Å². The predicted octanol–water partition coefficient (Wildman–Crippen LogP) is 0.866. The normalized spacial score (nSPS) is 27.2. The highest BCUT2D eigenvalue weighted by molar-refractivity contribution is 4.85. The molecule has 1 N–H and O–H groups in total. The van der Waals surface area contributed by atoms with Crippen LogP contribution in [0.5, 0.6) is 0 Å². The van der Waals surface area contributed by atoms with Crippen LogP contribution in [0.4, 0.5) is 0 Å². The zero-order chi connectivity index (χ0) is 11.4. The summed E-state index contributed by atoms with van der Waals surface area (Å²) in [6, 6.07) is 1.38. The van der Waals surface area contributed by atoms with Crippen molar-refractivity contribution in [3.8, 4) is 0 Å². The largest absolute Gasteiger partial charge is 0.318 e. The Morgan fingerprint density at radius 3 is 2.47 bits per heavy atom. The van der Waals surface area contributed by atoms with Crippen LogP contribution in [0.3, 0.4) is 0 Å². The molecule has 90 valence electrons. The molecule has 0 aromatic heterocycles. The highest BCUT2D eigenvalue weighted by atomic mass is 15.3. The summed E-state index contributed by atoms with van der Waals surface area (Å²) in [4.78, 5) is 5.12. The Morgan fingerprint density at radius 1 is 1.27 bits per heavy atom. The molecule has 15 heavy (non-hydrogen) atoms. The first-order valence-electron chi connectivity index (χ1n) is 6.15. The van der Waals surface area contributed by atoms with Crippen molar-refractivity contribution in [2.45, 2.75) is 32.9 Å². The average molecular weight is 213 g/mol. The molecule has 0 saturated carbocycles. The lowest BCUT2D eigenvalue weighted by Gasteiger charge is -2.43.